The fourth-order valence-electron chi connectivity index (χ4n) is 3.47. The maximum Gasteiger partial charge on any atom is 0.213 e. The summed E-state index contributed by atoms with van der Waals surface area (Å²) in [5, 5.41) is 6.77. The highest BCUT2D eigenvalue weighted by atomic mass is 16.5. The predicted octanol–water partition coefficient (Wildman–Crippen LogP) is 2.80. The van der Waals surface area contributed by atoms with Crippen LogP contribution in [0.15, 0.2) is 23.3 Å². The van der Waals surface area contributed by atoms with Crippen molar-refractivity contribution in [2.75, 3.05) is 33.3 Å². The van der Waals surface area contributed by atoms with Crippen LogP contribution in [0.4, 0.5) is 0 Å². The van der Waals surface area contributed by atoms with Crippen LogP contribution in [0.5, 0.6) is 5.88 Å². The van der Waals surface area contributed by atoms with Crippen molar-refractivity contribution in [2.24, 2.45) is 10.9 Å². The molecule has 1 unspecified atom stereocenters. The Morgan fingerprint density at radius 2 is 2.15 bits per heavy atom. The number of likely N-dealkylation sites (tertiary alicyclic amines) is 1. The van der Waals surface area contributed by atoms with E-state index >= 15 is 0 Å². The van der Waals surface area contributed by atoms with Crippen LogP contribution in [0.25, 0.3) is 0 Å². The summed E-state index contributed by atoms with van der Waals surface area (Å²) in [4.78, 5) is 11.3. The van der Waals surface area contributed by atoms with Crippen molar-refractivity contribution in [3.63, 3.8) is 0 Å². The lowest BCUT2D eigenvalue weighted by Crippen LogP contribution is -2.41. The molecule has 2 N–H and O–H groups in total. The van der Waals surface area contributed by atoms with Crippen molar-refractivity contribution in [2.45, 2.75) is 58.0 Å². The summed E-state index contributed by atoms with van der Waals surface area (Å²) in [5.74, 6) is 2.32. The van der Waals surface area contributed by atoms with Gasteiger partial charge in [-0.3, -0.25) is 4.99 Å². The zero-order valence-electron chi connectivity index (χ0n) is 16.9. The lowest BCUT2D eigenvalue weighted by Gasteiger charge is -2.33. The van der Waals surface area contributed by atoms with Crippen LogP contribution in [0.3, 0.4) is 0 Å². The molecule has 1 saturated carbocycles. The molecular formula is C21H35N5O. The molecule has 0 radical (unpaired) electrons. The van der Waals surface area contributed by atoms with Crippen LogP contribution in [0.1, 0.15) is 51.0 Å². The van der Waals surface area contributed by atoms with E-state index in [9.17, 15) is 0 Å². The maximum atomic E-state index is 5.68. The first-order valence-corrected chi connectivity index (χ1v) is 10.5. The minimum absolute atomic E-state index is 0.707. The fraction of sp³-hybridized carbons (Fsp3) is 0.714. The molecule has 1 aromatic heterocycles. The molecule has 1 aromatic rings. The number of piperidine rings is 1. The number of ether oxygens (including phenoxy) is 1. The highest BCUT2D eigenvalue weighted by molar-refractivity contribution is 5.79. The summed E-state index contributed by atoms with van der Waals surface area (Å²) in [7, 11) is 1.81. The van der Waals surface area contributed by atoms with Crippen molar-refractivity contribution in [3.05, 3.63) is 23.9 Å². The van der Waals surface area contributed by atoms with Gasteiger partial charge in [-0.25, -0.2) is 4.98 Å². The van der Waals surface area contributed by atoms with Gasteiger partial charge in [-0.05, 0) is 57.1 Å². The fourth-order valence-corrected chi connectivity index (χ4v) is 3.47. The molecule has 1 aliphatic heterocycles. The lowest BCUT2D eigenvalue weighted by molar-refractivity contribution is 0.159. The number of nitrogens with one attached hydrogen (secondary N) is 2. The minimum atomic E-state index is 0.707. The topological polar surface area (TPSA) is 61.8 Å². The molecule has 0 bridgehead atoms. The van der Waals surface area contributed by atoms with Crippen LogP contribution in [0.2, 0.25) is 0 Å². The summed E-state index contributed by atoms with van der Waals surface area (Å²) in [5.41, 5.74) is 1.12. The van der Waals surface area contributed by atoms with Gasteiger partial charge in [-0.2, -0.15) is 0 Å². The molecule has 2 aliphatic rings. The molecule has 0 spiro atoms. The number of aromatic nitrogens is 1. The van der Waals surface area contributed by atoms with Gasteiger partial charge in [0.15, 0.2) is 5.96 Å². The molecule has 2 heterocycles. The van der Waals surface area contributed by atoms with Gasteiger partial charge in [0.25, 0.3) is 0 Å². The Morgan fingerprint density at radius 1 is 1.26 bits per heavy atom. The molecule has 150 valence electrons. The summed E-state index contributed by atoms with van der Waals surface area (Å²) < 4.78 is 5.68. The van der Waals surface area contributed by atoms with Crippen LogP contribution in [-0.2, 0) is 6.54 Å². The third-order valence-electron chi connectivity index (χ3n) is 5.50. The second-order valence-electron chi connectivity index (χ2n) is 7.85. The third kappa shape index (κ3) is 7.01. The Bertz CT molecular complexity index is 585. The summed E-state index contributed by atoms with van der Waals surface area (Å²) in [6.45, 7) is 7.22. The zero-order chi connectivity index (χ0) is 18.9. The smallest absolute Gasteiger partial charge is 0.213 e. The van der Waals surface area contributed by atoms with Gasteiger partial charge < -0.3 is 20.3 Å². The van der Waals surface area contributed by atoms with E-state index in [1.807, 2.05) is 19.3 Å². The van der Waals surface area contributed by atoms with Crippen molar-refractivity contribution < 1.29 is 4.74 Å². The molecule has 3 rings (SSSR count). The second kappa shape index (κ2) is 10.5. The van der Waals surface area contributed by atoms with Crippen molar-refractivity contribution in [1.29, 1.82) is 0 Å². The highest BCUT2D eigenvalue weighted by Crippen LogP contribution is 2.29. The lowest BCUT2D eigenvalue weighted by atomic mass is 10.0. The van der Waals surface area contributed by atoms with E-state index in [0.717, 1.165) is 55.5 Å². The Morgan fingerprint density at radius 3 is 2.85 bits per heavy atom. The summed E-state index contributed by atoms with van der Waals surface area (Å²) in [6, 6.07) is 4.75. The van der Waals surface area contributed by atoms with Gasteiger partial charge in [0.05, 0.1) is 6.61 Å². The van der Waals surface area contributed by atoms with Gasteiger partial charge in [0.2, 0.25) is 5.88 Å². The molecule has 6 nitrogen and oxygen atoms in total. The summed E-state index contributed by atoms with van der Waals surface area (Å²) in [6.07, 6.45) is 9.68. The Kier molecular flexibility index (Phi) is 7.75. The van der Waals surface area contributed by atoms with E-state index in [0.29, 0.717) is 6.54 Å². The number of hydrogen-bond donors (Lipinski definition) is 2. The monoisotopic (exact) mass is 373 g/mol. The van der Waals surface area contributed by atoms with E-state index in [-0.39, 0.29) is 0 Å². The molecule has 2 fully saturated rings. The first-order valence-electron chi connectivity index (χ1n) is 10.5. The SMILES string of the molecule is CN=C(NCCCN1CCCCC1C)NCc1ccc(OCC2CC2)nc1. The van der Waals surface area contributed by atoms with E-state index in [1.165, 1.54) is 38.6 Å². The summed E-state index contributed by atoms with van der Waals surface area (Å²) >= 11 is 0. The van der Waals surface area contributed by atoms with E-state index in [1.54, 1.807) is 0 Å². The third-order valence-corrected chi connectivity index (χ3v) is 5.50. The van der Waals surface area contributed by atoms with Crippen molar-refractivity contribution in [1.82, 2.24) is 20.5 Å². The zero-order valence-corrected chi connectivity index (χ0v) is 16.9. The van der Waals surface area contributed by atoms with Crippen LogP contribution >= 0.6 is 0 Å². The first kappa shape index (κ1) is 19.9. The quantitative estimate of drug-likeness (QED) is 0.396. The Labute approximate surface area is 163 Å². The number of pyridine rings is 1. The molecule has 1 atom stereocenters. The number of aliphatic imine (C=N–C) groups is 1. The Balaban J connectivity index is 1.31. The molecule has 1 aliphatic carbocycles. The predicted molar refractivity (Wildman–Crippen MR) is 110 cm³/mol. The molecule has 6 heteroatoms. The van der Waals surface area contributed by atoms with Crippen LogP contribution in [-0.4, -0.2) is 55.2 Å². The van der Waals surface area contributed by atoms with Crippen LogP contribution < -0.4 is 15.4 Å². The van der Waals surface area contributed by atoms with Crippen LogP contribution in [0, 0.1) is 5.92 Å². The van der Waals surface area contributed by atoms with Gasteiger partial charge in [0.1, 0.15) is 0 Å². The maximum absolute atomic E-state index is 5.68. The number of rotatable bonds is 9. The van der Waals surface area contributed by atoms with Gasteiger partial charge in [-0.15, -0.1) is 0 Å². The number of nitrogens with zero attached hydrogens (tertiary/aromatic N) is 3. The normalized spacial score (nSPS) is 21.1. The molecular weight excluding hydrogens is 338 g/mol. The highest BCUT2D eigenvalue weighted by Gasteiger charge is 2.22. The average Bonchev–Trinajstić information content (AvgIpc) is 3.52. The van der Waals surface area contributed by atoms with Gasteiger partial charge in [0, 0.05) is 45.0 Å². The molecule has 0 aromatic carbocycles. The largest absolute Gasteiger partial charge is 0.477 e. The molecule has 0 amide bonds. The van der Waals surface area contributed by atoms with E-state index in [2.05, 4.69) is 38.5 Å². The van der Waals surface area contributed by atoms with Crippen molar-refractivity contribution in [3.8, 4) is 5.88 Å². The number of hydrogen-bond acceptors (Lipinski definition) is 4. The van der Waals surface area contributed by atoms with Gasteiger partial charge >= 0.3 is 0 Å². The minimum Gasteiger partial charge on any atom is -0.477 e. The molecule has 1 saturated heterocycles. The molecule has 27 heavy (non-hydrogen) atoms. The number of guanidine groups is 1. The first-order chi connectivity index (χ1) is 13.2. The standard InChI is InChI=1S/C21H35N5O/c1-17-6-3-4-12-26(17)13-5-11-23-21(22-2)25-15-19-9-10-20(24-14-19)27-16-18-7-8-18/h9-10,14,17-18H,3-8,11-13,15-16H2,1-2H3,(H2,22,23,25). The van der Waals surface area contributed by atoms with Crippen molar-refractivity contribution >= 4 is 5.96 Å². The second-order valence-corrected chi connectivity index (χ2v) is 7.85. The average molecular weight is 374 g/mol. The van der Waals surface area contributed by atoms with E-state index in [4.69, 9.17) is 4.74 Å². The Hall–Kier alpha value is -1.82. The van der Waals surface area contributed by atoms with Gasteiger partial charge in [-0.1, -0.05) is 12.5 Å². The van der Waals surface area contributed by atoms with E-state index < -0.39 is 0 Å².